The van der Waals surface area contributed by atoms with E-state index in [0.29, 0.717) is 53.1 Å². The first-order valence-corrected chi connectivity index (χ1v) is 20.8. The number of nitrogens with one attached hydrogen (secondary N) is 3. The Hall–Kier alpha value is -4.92. The Labute approximate surface area is 330 Å². The maximum atomic E-state index is 14.6. The molecule has 1 saturated heterocycles. The first kappa shape index (κ1) is 39.3. The molecule has 2 saturated carbocycles. The van der Waals surface area contributed by atoms with E-state index in [2.05, 4.69) is 22.0 Å². The number of carbonyl (C=O) groups is 4. The molecule has 3 aromatic rings. The molecule has 0 spiro atoms. The van der Waals surface area contributed by atoms with Crippen LogP contribution in [0.4, 0.5) is 9.93 Å². The van der Waals surface area contributed by atoms with E-state index < -0.39 is 47.6 Å². The van der Waals surface area contributed by atoms with Crippen LogP contribution < -0.4 is 25.4 Å². The molecular formula is C41H52N6O8S. The summed E-state index contributed by atoms with van der Waals surface area (Å²) in [5, 5.41) is 22.9. The lowest BCUT2D eigenvalue weighted by Crippen LogP contribution is -2.59. The second-order valence-electron chi connectivity index (χ2n) is 15.8. The Morgan fingerprint density at radius 1 is 1.04 bits per heavy atom. The van der Waals surface area contributed by atoms with E-state index in [0.717, 1.165) is 55.7 Å². The molecule has 0 radical (unpaired) electrons. The van der Waals surface area contributed by atoms with Crippen LogP contribution in [0.15, 0.2) is 41.3 Å². The third kappa shape index (κ3) is 8.87. The van der Waals surface area contributed by atoms with Gasteiger partial charge in [-0.2, -0.15) is 0 Å². The quantitative estimate of drug-likeness (QED) is 0.172. The van der Waals surface area contributed by atoms with Crippen LogP contribution in [0.1, 0.15) is 97.3 Å². The van der Waals surface area contributed by atoms with Crippen LogP contribution in [0.3, 0.4) is 0 Å². The van der Waals surface area contributed by atoms with Gasteiger partial charge in [-0.15, -0.1) is 11.3 Å². The summed E-state index contributed by atoms with van der Waals surface area (Å²) in [6.45, 7) is 4.11. The number of hydrogen-bond acceptors (Lipinski definition) is 11. The van der Waals surface area contributed by atoms with E-state index in [-0.39, 0.29) is 38.0 Å². The van der Waals surface area contributed by atoms with Crippen LogP contribution in [0, 0.1) is 0 Å². The Bertz CT molecular complexity index is 1980. The molecule has 300 valence electrons. The summed E-state index contributed by atoms with van der Waals surface area (Å²) in [5.74, 6) is -0.988. The summed E-state index contributed by atoms with van der Waals surface area (Å²) in [7, 11) is 1.59. The highest BCUT2D eigenvalue weighted by atomic mass is 32.1. The van der Waals surface area contributed by atoms with Gasteiger partial charge in [-0.25, -0.2) is 19.6 Å². The lowest BCUT2D eigenvalue weighted by molar-refractivity contribution is -0.149. The Morgan fingerprint density at radius 3 is 2.61 bits per heavy atom. The molecule has 4 aliphatic rings. The topological polar surface area (TPSA) is 181 Å². The Balaban J connectivity index is 1.21. The molecule has 3 fully saturated rings. The van der Waals surface area contributed by atoms with Crippen LogP contribution in [0.5, 0.6) is 11.5 Å². The van der Waals surface area contributed by atoms with Gasteiger partial charge in [-0.05, 0) is 83.8 Å². The number of aromatic nitrogens is 2. The number of allylic oxidation sites excluding steroid dienone is 1. The number of nitrogens with zero attached hydrogens (tertiary/aromatic N) is 3. The molecule has 2 bridgehead atoms. The van der Waals surface area contributed by atoms with Crippen LogP contribution >= 0.6 is 11.3 Å². The molecule has 14 nitrogen and oxygen atoms in total. The number of pyridine rings is 1. The van der Waals surface area contributed by atoms with Gasteiger partial charge in [0.05, 0.1) is 24.9 Å². The van der Waals surface area contributed by atoms with Gasteiger partial charge in [0.1, 0.15) is 47.0 Å². The van der Waals surface area contributed by atoms with Gasteiger partial charge in [0.2, 0.25) is 11.8 Å². The smallest absolute Gasteiger partial charge is 0.408 e. The fourth-order valence-corrected chi connectivity index (χ4v) is 9.18. The molecule has 2 aliphatic carbocycles. The van der Waals surface area contributed by atoms with Crippen molar-refractivity contribution in [3.63, 3.8) is 0 Å². The molecule has 3 amide bonds. The number of ether oxygens (including phenoxy) is 3. The highest BCUT2D eigenvalue weighted by Gasteiger charge is 2.49. The average molecular weight is 789 g/mol. The van der Waals surface area contributed by atoms with E-state index in [1.807, 2.05) is 43.5 Å². The maximum absolute atomic E-state index is 14.6. The van der Waals surface area contributed by atoms with Gasteiger partial charge in [0, 0.05) is 41.8 Å². The van der Waals surface area contributed by atoms with Crippen LogP contribution in [-0.2, 0) is 19.1 Å². The van der Waals surface area contributed by atoms with E-state index in [4.69, 9.17) is 24.2 Å². The monoisotopic (exact) mass is 788 g/mol. The zero-order valence-electron chi connectivity index (χ0n) is 32.3. The number of aliphatic carboxylic acids is 1. The van der Waals surface area contributed by atoms with Crippen LogP contribution in [-0.4, -0.2) is 93.4 Å². The van der Waals surface area contributed by atoms with Gasteiger partial charge in [-0.1, -0.05) is 24.5 Å². The fraction of sp³-hybridized carbons (Fsp3) is 0.561. The predicted molar refractivity (Wildman–Crippen MR) is 212 cm³/mol. The minimum absolute atomic E-state index is 0.0342. The molecule has 0 unspecified atom stereocenters. The van der Waals surface area contributed by atoms with Crippen LogP contribution in [0.2, 0.25) is 0 Å². The summed E-state index contributed by atoms with van der Waals surface area (Å²) in [4.78, 5) is 66.0. The number of amides is 3. The lowest BCUT2D eigenvalue weighted by Gasteiger charge is -2.31. The van der Waals surface area contributed by atoms with E-state index >= 15 is 0 Å². The number of rotatable bonds is 9. The van der Waals surface area contributed by atoms with Crippen molar-refractivity contribution >= 4 is 51.2 Å². The van der Waals surface area contributed by atoms with Gasteiger partial charge in [-0.3, -0.25) is 9.59 Å². The predicted octanol–water partition coefficient (Wildman–Crippen LogP) is 6.59. The molecule has 2 aromatic heterocycles. The summed E-state index contributed by atoms with van der Waals surface area (Å²) >= 11 is 1.47. The molecule has 56 heavy (non-hydrogen) atoms. The molecular weight excluding hydrogens is 737 g/mol. The van der Waals surface area contributed by atoms with Gasteiger partial charge in [0.15, 0.2) is 5.13 Å². The minimum Gasteiger partial charge on any atom is -0.497 e. The van der Waals surface area contributed by atoms with Crippen molar-refractivity contribution in [2.45, 2.75) is 133 Å². The number of carboxylic acids is 1. The van der Waals surface area contributed by atoms with Gasteiger partial charge < -0.3 is 40.2 Å². The first-order chi connectivity index (χ1) is 27.0. The van der Waals surface area contributed by atoms with Crippen molar-refractivity contribution < 1.29 is 38.5 Å². The molecule has 4 atom stereocenters. The second kappa shape index (κ2) is 17.1. The number of fused-ring (bicyclic) bond motifs is 4. The van der Waals surface area contributed by atoms with Crippen molar-refractivity contribution in [1.29, 1.82) is 0 Å². The van der Waals surface area contributed by atoms with Crippen molar-refractivity contribution in [3.05, 3.63) is 41.3 Å². The summed E-state index contributed by atoms with van der Waals surface area (Å²) in [6.07, 6.45) is 8.81. The third-order valence-corrected chi connectivity index (χ3v) is 12.0. The van der Waals surface area contributed by atoms with Crippen molar-refractivity contribution in [2.24, 2.45) is 0 Å². The lowest BCUT2D eigenvalue weighted by atomic mass is 9.96. The largest absolute Gasteiger partial charge is 0.497 e. The van der Waals surface area contributed by atoms with Gasteiger partial charge in [0.25, 0.3) is 0 Å². The van der Waals surface area contributed by atoms with Gasteiger partial charge >= 0.3 is 12.1 Å². The fourth-order valence-electron chi connectivity index (χ4n) is 8.33. The number of benzene rings is 1. The average Bonchev–Trinajstić information content (AvgIpc) is 4.00. The summed E-state index contributed by atoms with van der Waals surface area (Å²) < 4.78 is 17.9. The summed E-state index contributed by atoms with van der Waals surface area (Å²) in [5.41, 5.74) is 1.38. The first-order valence-electron chi connectivity index (χ1n) is 19.9. The summed E-state index contributed by atoms with van der Waals surface area (Å²) in [6, 6.07) is 5.52. The Kier molecular flexibility index (Phi) is 12.0. The number of carbonyl (C=O) groups excluding carboxylic acids is 3. The number of methoxy groups -OCH3 is 1. The van der Waals surface area contributed by atoms with E-state index in [1.165, 1.54) is 16.2 Å². The molecule has 15 heteroatoms. The standard InChI is InChI=1S/C41H52N6O8S/c1-24(2)42-39-44-33(23-56-39)32-20-35(29-15-14-27(53-3)18-31(29)43-32)54-28-19-34-36(48)46-41(38(50)51)17-16-25(21-41)10-6-4-5-7-13-30(37(49)47(34)22-28)45-40(52)55-26-11-8-9-12-26/h10,14-15,18,20,23-24,26,28,30,34H,4-9,11-13,16-17,19,21-22H2,1-3H3,(H,42,44)(H,45,52)(H,46,48)(H,50,51)/b25-10-/t28-,30+,34+,41-/m1/s1. The minimum atomic E-state index is -1.48. The molecule has 4 heterocycles. The molecule has 2 aliphatic heterocycles. The molecule has 1 aromatic carbocycles. The van der Waals surface area contributed by atoms with Crippen molar-refractivity contribution in [2.75, 3.05) is 19.0 Å². The number of thiazole rings is 1. The molecule has 7 rings (SSSR count). The maximum Gasteiger partial charge on any atom is 0.408 e. The normalized spacial score (nSPS) is 25.8. The van der Waals surface area contributed by atoms with E-state index in [1.54, 1.807) is 7.11 Å². The number of alkyl carbamates (subject to hydrolysis) is 1. The van der Waals surface area contributed by atoms with Crippen molar-refractivity contribution in [1.82, 2.24) is 25.5 Å². The SMILES string of the molecule is COc1ccc2c(O[C@@H]3C[C@H]4C(=O)N[C@]5(C(=O)O)CC/C(=C/CCCCC[C@H](NC(=O)OC6CCCC6)C(=O)N4C3)C5)cc(-c3csc(NC(C)C)n3)nc2c1. The molecule has 4 N–H and O–H groups in total. The highest BCUT2D eigenvalue weighted by molar-refractivity contribution is 7.14. The number of anilines is 1. The van der Waals surface area contributed by atoms with Crippen molar-refractivity contribution in [3.8, 4) is 22.9 Å². The number of hydrogen-bond donors (Lipinski definition) is 4. The zero-order valence-corrected chi connectivity index (χ0v) is 33.1. The van der Waals surface area contributed by atoms with E-state index in [9.17, 15) is 24.3 Å². The number of carboxylic acid groups (broad SMARTS) is 1. The Morgan fingerprint density at radius 2 is 1.84 bits per heavy atom. The zero-order chi connectivity index (χ0) is 39.4. The third-order valence-electron chi connectivity index (χ3n) is 11.3. The second-order valence-corrected chi connectivity index (χ2v) is 16.6. The van der Waals surface area contributed by atoms with Crippen LogP contribution in [0.25, 0.3) is 22.3 Å². The highest BCUT2D eigenvalue weighted by Crippen LogP contribution is 2.38.